The molecule has 3 heterocycles. The number of H-pyrrole nitrogens is 1. The molecule has 0 aliphatic rings. The fourth-order valence-corrected chi connectivity index (χ4v) is 2.24. The maximum absolute atomic E-state index is 11.1. The van der Waals surface area contributed by atoms with Crippen molar-refractivity contribution in [3.05, 3.63) is 46.5 Å². The van der Waals surface area contributed by atoms with Gasteiger partial charge in [0.05, 0.1) is 16.9 Å². The number of rotatable bonds is 3. The molecule has 3 aromatic rings. The van der Waals surface area contributed by atoms with Gasteiger partial charge < -0.3 is 10.7 Å². The fraction of sp³-hybridized carbons (Fsp3) is 0.200. The van der Waals surface area contributed by atoms with E-state index in [1.807, 2.05) is 12.1 Å². The van der Waals surface area contributed by atoms with E-state index in [-0.39, 0.29) is 11.5 Å². The molecule has 0 saturated heterocycles. The zero-order chi connectivity index (χ0) is 14.8. The van der Waals surface area contributed by atoms with Crippen LogP contribution in [0.5, 0.6) is 0 Å². The van der Waals surface area contributed by atoms with Crippen LogP contribution >= 0.6 is 0 Å². The van der Waals surface area contributed by atoms with Crippen molar-refractivity contribution < 1.29 is 0 Å². The van der Waals surface area contributed by atoms with Crippen molar-refractivity contribution in [2.45, 2.75) is 19.8 Å². The van der Waals surface area contributed by atoms with Crippen molar-refractivity contribution in [1.29, 1.82) is 0 Å². The minimum absolute atomic E-state index is 0.137. The van der Waals surface area contributed by atoms with Gasteiger partial charge in [-0.25, -0.2) is 15.0 Å². The molecule has 0 aliphatic carbocycles. The summed E-state index contributed by atoms with van der Waals surface area (Å²) in [5.41, 5.74) is 9.55. The Labute approximate surface area is 121 Å². The van der Waals surface area contributed by atoms with Crippen molar-refractivity contribution in [1.82, 2.24) is 19.9 Å². The Morgan fingerprint density at radius 3 is 2.71 bits per heavy atom. The second-order valence-electron chi connectivity index (χ2n) is 4.78. The molecule has 6 nitrogen and oxygen atoms in total. The number of aromatic amines is 1. The molecule has 0 fully saturated rings. The van der Waals surface area contributed by atoms with Crippen LogP contribution in [-0.2, 0) is 6.42 Å². The minimum atomic E-state index is -0.137. The van der Waals surface area contributed by atoms with E-state index in [2.05, 4.69) is 26.9 Å². The third-order valence-corrected chi connectivity index (χ3v) is 3.20. The van der Waals surface area contributed by atoms with E-state index in [1.54, 1.807) is 12.3 Å². The maximum atomic E-state index is 11.1. The molecule has 0 aromatic carbocycles. The van der Waals surface area contributed by atoms with Crippen LogP contribution in [0.4, 0.5) is 5.95 Å². The first-order chi connectivity index (χ1) is 10.2. The Hall–Kier alpha value is -2.76. The highest BCUT2D eigenvalue weighted by Gasteiger charge is 2.09. The molecular weight excluding hydrogens is 266 g/mol. The number of nitrogens with zero attached hydrogens (tertiary/aromatic N) is 3. The predicted molar refractivity (Wildman–Crippen MR) is 81.8 cm³/mol. The first-order valence-electron chi connectivity index (χ1n) is 6.79. The summed E-state index contributed by atoms with van der Waals surface area (Å²) < 4.78 is 0. The van der Waals surface area contributed by atoms with E-state index in [9.17, 15) is 4.79 Å². The van der Waals surface area contributed by atoms with E-state index in [4.69, 9.17) is 5.73 Å². The Morgan fingerprint density at radius 1 is 1.14 bits per heavy atom. The summed E-state index contributed by atoms with van der Waals surface area (Å²) in [5.74, 6) is 0.268. The summed E-state index contributed by atoms with van der Waals surface area (Å²) in [4.78, 5) is 26.9. The van der Waals surface area contributed by atoms with Crippen LogP contribution in [0, 0.1) is 0 Å². The van der Waals surface area contributed by atoms with E-state index in [1.165, 1.54) is 6.07 Å². The number of aromatic nitrogens is 4. The number of nitrogens with one attached hydrogen (secondary N) is 1. The lowest BCUT2D eigenvalue weighted by molar-refractivity contribution is 0.885. The molecule has 0 aliphatic heterocycles. The van der Waals surface area contributed by atoms with E-state index in [0.717, 1.165) is 40.8 Å². The average Bonchev–Trinajstić information content (AvgIpc) is 2.48. The number of nitrogens with two attached hydrogens (primary N) is 1. The molecule has 0 spiro atoms. The van der Waals surface area contributed by atoms with Gasteiger partial charge in [0, 0.05) is 17.8 Å². The summed E-state index contributed by atoms with van der Waals surface area (Å²) in [6.07, 6.45) is 3.40. The minimum Gasteiger partial charge on any atom is -0.368 e. The standard InChI is InChI=1S/C15H15N5O/c1-2-3-11-14-12(20-15(16)19-11)6-5-10(18-14)9-4-7-13(21)17-8-9/h4-8H,2-3H2,1H3,(H,17,21)(H2,16,19,20). The molecular formula is C15H15N5O. The number of hydrogen-bond acceptors (Lipinski definition) is 5. The van der Waals surface area contributed by atoms with Crippen LogP contribution in [0.25, 0.3) is 22.3 Å². The van der Waals surface area contributed by atoms with Crippen molar-refractivity contribution in [2.75, 3.05) is 5.73 Å². The lowest BCUT2D eigenvalue weighted by Gasteiger charge is -2.07. The number of pyridine rings is 2. The Morgan fingerprint density at radius 2 is 2.00 bits per heavy atom. The smallest absolute Gasteiger partial charge is 0.247 e. The highest BCUT2D eigenvalue weighted by molar-refractivity contribution is 5.80. The topological polar surface area (TPSA) is 97.5 Å². The fourth-order valence-electron chi connectivity index (χ4n) is 2.24. The van der Waals surface area contributed by atoms with Crippen LogP contribution in [-0.4, -0.2) is 19.9 Å². The summed E-state index contributed by atoms with van der Waals surface area (Å²) in [5, 5.41) is 0. The van der Waals surface area contributed by atoms with Gasteiger partial charge in [-0.05, 0) is 24.6 Å². The van der Waals surface area contributed by atoms with Crippen molar-refractivity contribution in [3.8, 4) is 11.3 Å². The van der Waals surface area contributed by atoms with Gasteiger partial charge in [0.1, 0.15) is 5.52 Å². The molecule has 3 aromatic heterocycles. The van der Waals surface area contributed by atoms with Gasteiger partial charge in [-0.15, -0.1) is 0 Å². The summed E-state index contributed by atoms with van der Waals surface area (Å²) >= 11 is 0. The van der Waals surface area contributed by atoms with Crippen molar-refractivity contribution in [3.63, 3.8) is 0 Å². The first kappa shape index (κ1) is 13.2. The molecule has 0 bridgehead atoms. The molecule has 21 heavy (non-hydrogen) atoms. The monoisotopic (exact) mass is 281 g/mol. The van der Waals surface area contributed by atoms with Gasteiger partial charge >= 0.3 is 0 Å². The molecule has 0 unspecified atom stereocenters. The largest absolute Gasteiger partial charge is 0.368 e. The molecule has 0 amide bonds. The van der Waals surface area contributed by atoms with Gasteiger partial charge in [-0.3, -0.25) is 4.79 Å². The second kappa shape index (κ2) is 5.32. The normalized spacial score (nSPS) is 10.9. The third-order valence-electron chi connectivity index (χ3n) is 3.20. The first-order valence-corrected chi connectivity index (χ1v) is 6.79. The van der Waals surface area contributed by atoms with Crippen LogP contribution < -0.4 is 11.3 Å². The summed E-state index contributed by atoms with van der Waals surface area (Å²) in [7, 11) is 0. The van der Waals surface area contributed by atoms with Crippen molar-refractivity contribution >= 4 is 17.0 Å². The summed E-state index contributed by atoms with van der Waals surface area (Å²) in [6.45, 7) is 2.08. The van der Waals surface area contributed by atoms with Crippen molar-refractivity contribution in [2.24, 2.45) is 0 Å². The zero-order valence-corrected chi connectivity index (χ0v) is 11.6. The van der Waals surface area contributed by atoms with Crippen LogP contribution in [0.2, 0.25) is 0 Å². The lowest BCUT2D eigenvalue weighted by Crippen LogP contribution is -2.04. The van der Waals surface area contributed by atoms with Crippen LogP contribution in [0.1, 0.15) is 19.0 Å². The third kappa shape index (κ3) is 2.60. The molecule has 6 heteroatoms. The number of fused-ring (bicyclic) bond motifs is 1. The molecule has 0 atom stereocenters. The van der Waals surface area contributed by atoms with Gasteiger partial charge in [-0.1, -0.05) is 13.3 Å². The number of hydrogen-bond donors (Lipinski definition) is 2. The van der Waals surface area contributed by atoms with Crippen LogP contribution in [0.3, 0.4) is 0 Å². The lowest BCUT2D eigenvalue weighted by atomic mass is 10.1. The molecule has 3 rings (SSSR count). The van der Waals surface area contributed by atoms with Crippen LogP contribution in [0.15, 0.2) is 35.3 Å². The molecule has 106 valence electrons. The number of nitrogen functional groups attached to an aromatic ring is 1. The van der Waals surface area contributed by atoms with E-state index >= 15 is 0 Å². The Kier molecular flexibility index (Phi) is 3.35. The number of anilines is 1. The van der Waals surface area contributed by atoms with Gasteiger partial charge in [0.2, 0.25) is 11.5 Å². The summed E-state index contributed by atoms with van der Waals surface area (Å²) in [6, 6.07) is 6.95. The Bertz CT molecular complexity index is 836. The molecule has 3 N–H and O–H groups in total. The Balaban J connectivity index is 2.18. The van der Waals surface area contributed by atoms with Gasteiger partial charge in [-0.2, -0.15) is 0 Å². The molecule has 0 saturated carbocycles. The highest BCUT2D eigenvalue weighted by Crippen LogP contribution is 2.21. The average molecular weight is 281 g/mol. The van der Waals surface area contributed by atoms with E-state index in [0.29, 0.717) is 0 Å². The predicted octanol–water partition coefficient (Wildman–Crippen LogP) is 1.91. The number of aryl methyl sites for hydroxylation is 1. The zero-order valence-electron chi connectivity index (χ0n) is 11.6. The van der Waals surface area contributed by atoms with E-state index < -0.39 is 0 Å². The SMILES string of the molecule is CCCc1nc(N)nc2ccc(-c3ccc(=O)[nH]c3)nc12. The second-order valence-corrected chi connectivity index (χ2v) is 4.78. The highest BCUT2D eigenvalue weighted by atomic mass is 16.1. The quantitative estimate of drug-likeness (QED) is 0.764. The van der Waals surface area contributed by atoms with Gasteiger partial charge in [0.15, 0.2) is 0 Å². The van der Waals surface area contributed by atoms with Gasteiger partial charge in [0.25, 0.3) is 0 Å². The maximum Gasteiger partial charge on any atom is 0.247 e. The molecule has 0 radical (unpaired) electrons.